The average Bonchev–Trinajstić information content (AvgIpc) is 2.88. The van der Waals surface area contributed by atoms with Crippen LogP contribution >= 0.6 is 24.4 Å². The normalized spacial score (nSPS) is 25.2. The molecule has 0 spiro atoms. The van der Waals surface area contributed by atoms with Crippen LogP contribution in [0.15, 0.2) is 40.2 Å². The molecule has 0 aliphatic carbocycles. The number of benzene rings is 2. The van der Waals surface area contributed by atoms with Crippen LogP contribution in [0.5, 0.6) is 0 Å². The highest BCUT2D eigenvalue weighted by Crippen LogP contribution is 2.50. The third-order valence-corrected chi connectivity index (χ3v) is 9.91. The first-order valence-electron chi connectivity index (χ1n) is 12.9. The molecular formula is C28H34F4N4OS2. The van der Waals surface area contributed by atoms with Crippen molar-refractivity contribution in [3.8, 4) is 11.1 Å². The molecule has 5 nitrogen and oxygen atoms in total. The Kier molecular flexibility index (Phi) is 8.92. The molecule has 2 aliphatic rings. The van der Waals surface area contributed by atoms with Crippen molar-refractivity contribution >= 4 is 42.3 Å². The fourth-order valence-corrected chi connectivity index (χ4v) is 7.05. The molecular weight excluding hydrogens is 548 g/mol. The highest BCUT2D eigenvalue weighted by atomic mass is 32.2. The second-order valence-electron chi connectivity index (χ2n) is 10.5. The number of halogens is 4. The summed E-state index contributed by atoms with van der Waals surface area (Å²) < 4.78 is 58.2. The van der Waals surface area contributed by atoms with Gasteiger partial charge in [-0.25, -0.2) is 4.39 Å². The largest absolute Gasteiger partial charge is 0.417 e. The van der Waals surface area contributed by atoms with Gasteiger partial charge in [0.15, 0.2) is 0 Å². The van der Waals surface area contributed by atoms with Crippen molar-refractivity contribution < 1.29 is 22.4 Å². The highest BCUT2D eigenvalue weighted by molar-refractivity contribution is 8.00. The first kappa shape index (κ1) is 29.7. The lowest BCUT2D eigenvalue weighted by Gasteiger charge is -2.44. The minimum Gasteiger partial charge on any atom is -0.353 e. The molecule has 1 amide bonds. The number of rotatable bonds is 3. The summed E-state index contributed by atoms with van der Waals surface area (Å²) in [6.45, 7) is 7.56. The number of amides is 1. The molecule has 2 heterocycles. The molecule has 0 aromatic heterocycles. The van der Waals surface area contributed by atoms with E-state index in [4.69, 9.17) is 0 Å². The summed E-state index contributed by atoms with van der Waals surface area (Å²) in [7, 11) is 3.61. The number of piperazine rings is 1. The fraction of sp³-hybridized carbons (Fsp3) is 0.500. The number of nitrogens with zero attached hydrogens (tertiary/aromatic N) is 4. The van der Waals surface area contributed by atoms with E-state index in [0.717, 1.165) is 18.2 Å². The number of hydrogen-bond donors (Lipinski definition) is 1. The summed E-state index contributed by atoms with van der Waals surface area (Å²) in [6, 6.07) is 6.42. The van der Waals surface area contributed by atoms with Crippen LogP contribution in [-0.2, 0) is 11.0 Å². The lowest BCUT2D eigenvalue weighted by Crippen LogP contribution is -2.56. The van der Waals surface area contributed by atoms with E-state index >= 15 is 0 Å². The van der Waals surface area contributed by atoms with E-state index in [1.807, 2.05) is 18.9 Å². The van der Waals surface area contributed by atoms with E-state index in [1.165, 1.54) is 28.8 Å². The highest BCUT2D eigenvalue weighted by Gasteiger charge is 2.40. The molecule has 1 fully saturated rings. The molecule has 2 unspecified atom stereocenters. The lowest BCUT2D eigenvalue weighted by molar-refractivity contribution is -0.137. The SMILES string of the molecule is CN=C(c1cc(C(F)(F)F)c(-c2ccc(F)cc2)c2c1N(C=O)CC(C)C(S)CS2)N1C[C@@H](C)N(C)[C@@H](C)C1. The number of thioether (sulfide) groups is 1. The molecule has 0 bridgehead atoms. The second-order valence-corrected chi connectivity index (χ2v) is 12.2. The Morgan fingerprint density at radius 2 is 1.72 bits per heavy atom. The van der Waals surface area contributed by atoms with Gasteiger partial charge >= 0.3 is 6.18 Å². The summed E-state index contributed by atoms with van der Waals surface area (Å²) in [5.74, 6) is 0.309. The fourth-order valence-electron chi connectivity index (χ4n) is 5.33. The minimum absolute atomic E-state index is 0.00528. The van der Waals surface area contributed by atoms with Gasteiger partial charge in [-0.15, -0.1) is 11.8 Å². The van der Waals surface area contributed by atoms with Gasteiger partial charge in [0.1, 0.15) is 11.7 Å². The van der Waals surface area contributed by atoms with Gasteiger partial charge in [0.05, 0.1) is 11.3 Å². The van der Waals surface area contributed by atoms with Crippen molar-refractivity contribution in [2.24, 2.45) is 10.9 Å². The number of aliphatic imine (C=N–C) groups is 1. The van der Waals surface area contributed by atoms with Crippen LogP contribution in [-0.4, -0.2) is 78.9 Å². The van der Waals surface area contributed by atoms with Gasteiger partial charge in [-0.1, -0.05) is 19.1 Å². The number of thiol groups is 1. The molecule has 4 rings (SSSR count). The summed E-state index contributed by atoms with van der Waals surface area (Å²) in [5.41, 5.74) is -0.0231. The van der Waals surface area contributed by atoms with E-state index in [9.17, 15) is 22.4 Å². The predicted octanol–water partition coefficient (Wildman–Crippen LogP) is 5.92. The minimum atomic E-state index is -4.71. The van der Waals surface area contributed by atoms with Gasteiger partial charge in [-0.3, -0.25) is 14.7 Å². The van der Waals surface area contributed by atoms with Crippen LogP contribution < -0.4 is 4.90 Å². The number of carbonyl (C=O) groups excluding carboxylic acids is 1. The third kappa shape index (κ3) is 5.95. The van der Waals surface area contributed by atoms with Crippen molar-refractivity contribution in [2.75, 3.05) is 44.4 Å². The van der Waals surface area contributed by atoms with Gasteiger partial charge in [-0.2, -0.15) is 25.8 Å². The van der Waals surface area contributed by atoms with Gasteiger partial charge in [0.25, 0.3) is 0 Å². The van der Waals surface area contributed by atoms with Gasteiger partial charge in [0.2, 0.25) is 6.41 Å². The molecule has 2 aromatic rings. The van der Waals surface area contributed by atoms with Gasteiger partial charge < -0.3 is 9.80 Å². The van der Waals surface area contributed by atoms with Gasteiger partial charge in [-0.05, 0) is 50.6 Å². The molecule has 1 saturated heterocycles. The number of fused-ring (bicyclic) bond motifs is 1. The van der Waals surface area contributed by atoms with Gasteiger partial charge in [0, 0.05) is 65.8 Å². The van der Waals surface area contributed by atoms with Crippen molar-refractivity contribution in [3.63, 3.8) is 0 Å². The Hall–Kier alpha value is -2.24. The Bertz CT molecular complexity index is 1230. The van der Waals surface area contributed by atoms with Crippen LogP contribution in [0, 0.1) is 11.7 Å². The van der Waals surface area contributed by atoms with E-state index in [2.05, 4.69) is 36.4 Å². The Balaban J connectivity index is 2.06. The first-order valence-corrected chi connectivity index (χ1v) is 14.4. The summed E-state index contributed by atoms with van der Waals surface area (Å²) in [5, 5.41) is -0.150. The van der Waals surface area contributed by atoms with Crippen LogP contribution in [0.25, 0.3) is 11.1 Å². The van der Waals surface area contributed by atoms with Crippen molar-refractivity contribution in [2.45, 2.75) is 49.2 Å². The monoisotopic (exact) mass is 582 g/mol. The molecule has 4 atom stereocenters. The Labute approximate surface area is 237 Å². The summed E-state index contributed by atoms with van der Waals surface area (Å²) in [4.78, 5) is 23.1. The van der Waals surface area contributed by atoms with Crippen LogP contribution in [0.1, 0.15) is 31.9 Å². The quantitative estimate of drug-likeness (QED) is 0.161. The molecule has 212 valence electrons. The predicted molar refractivity (Wildman–Crippen MR) is 154 cm³/mol. The Morgan fingerprint density at radius 1 is 1.10 bits per heavy atom. The van der Waals surface area contributed by atoms with Crippen molar-refractivity contribution in [1.29, 1.82) is 0 Å². The molecule has 11 heteroatoms. The molecule has 39 heavy (non-hydrogen) atoms. The first-order chi connectivity index (χ1) is 18.4. The number of anilines is 1. The zero-order valence-corrected chi connectivity index (χ0v) is 24.4. The van der Waals surface area contributed by atoms with E-state index in [0.29, 0.717) is 48.2 Å². The summed E-state index contributed by atoms with van der Waals surface area (Å²) >= 11 is 5.93. The summed E-state index contributed by atoms with van der Waals surface area (Å²) in [6.07, 6.45) is -4.03. The van der Waals surface area contributed by atoms with Crippen LogP contribution in [0.2, 0.25) is 0 Å². The second kappa shape index (κ2) is 11.7. The maximum Gasteiger partial charge on any atom is 0.417 e. The smallest absolute Gasteiger partial charge is 0.353 e. The number of likely N-dealkylation sites (N-methyl/N-ethyl adjacent to an activating group) is 1. The van der Waals surface area contributed by atoms with E-state index < -0.39 is 17.6 Å². The lowest BCUT2D eigenvalue weighted by atomic mass is 9.93. The molecule has 0 saturated carbocycles. The van der Waals surface area contributed by atoms with Crippen LogP contribution in [0.3, 0.4) is 0 Å². The van der Waals surface area contributed by atoms with E-state index in [1.54, 1.807) is 7.05 Å². The number of hydrogen-bond acceptors (Lipinski definition) is 5. The molecule has 0 N–H and O–H groups in total. The molecule has 2 aromatic carbocycles. The number of carbonyl (C=O) groups is 1. The topological polar surface area (TPSA) is 39.2 Å². The van der Waals surface area contributed by atoms with Crippen molar-refractivity contribution in [3.05, 3.63) is 47.3 Å². The molecule has 0 radical (unpaired) electrons. The maximum absolute atomic E-state index is 14.8. The third-order valence-electron chi connectivity index (χ3n) is 7.76. The number of amidine groups is 1. The Morgan fingerprint density at radius 3 is 2.26 bits per heavy atom. The standard InChI is InChI=1S/C28H34F4N4OS2/c1-16-11-36(15-37)25-21(27(33-4)35-12-17(2)34(5)18(3)13-35)10-22(28(30,31)32)24(26(25)39-14-23(16)38)19-6-8-20(29)9-7-19/h6-10,15-18,23,38H,11-14H2,1-5H3/t16?,17-,18+,23?. The van der Waals surface area contributed by atoms with Crippen molar-refractivity contribution in [1.82, 2.24) is 9.80 Å². The van der Waals surface area contributed by atoms with Crippen LogP contribution in [0.4, 0.5) is 23.2 Å². The average molecular weight is 583 g/mol. The van der Waals surface area contributed by atoms with E-state index in [-0.39, 0.29) is 39.9 Å². The zero-order chi connectivity index (χ0) is 28.6. The molecule has 2 aliphatic heterocycles. The zero-order valence-electron chi connectivity index (χ0n) is 22.7. The number of alkyl halides is 3. The maximum atomic E-state index is 14.8.